The second kappa shape index (κ2) is 7.89. The maximum absolute atomic E-state index is 11.7. The molecule has 0 aliphatic carbocycles. The zero-order valence-corrected chi connectivity index (χ0v) is 11.8. The third-order valence-corrected chi connectivity index (χ3v) is 2.89. The third-order valence-electron chi connectivity index (χ3n) is 2.89. The van der Waals surface area contributed by atoms with Gasteiger partial charge in [0.1, 0.15) is 12.4 Å². The summed E-state index contributed by atoms with van der Waals surface area (Å²) in [5.41, 5.74) is 7.23. The van der Waals surface area contributed by atoms with E-state index in [9.17, 15) is 4.79 Å². The summed E-state index contributed by atoms with van der Waals surface area (Å²) in [6.07, 6.45) is 2.80. The van der Waals surface area contributed by atoms with E-state index in [1.54, 1.807) is 18.3 Å². The summed E-state index contributed by atoms with van der Waals surface area (Å²) in [5.74, 6) is 0.703. The Hall–Kier alpha value is -2.56. The van der Waals surface area contributed by atoms with E-state index < -0.39 is 0 Å². The van der Waals surface area contributed by atoms with Crippen LogP contribution in [0.25, 0.3) is 0 Å². The van der Waals surface area contributed by atoms with Gasteiger partial charge in [-0.3, -0.25) is 9.78 Å². The molecule has 5 nitrogen and oxygen atoms in total. The Balaban J connectivity index is 1.61. The number of carbonyl (C=O) groups excluding carboxylic acids is 1. The Bertz CT molecular complexity index is 573. The molecule has 1 heterocycles. The van der Waals surface area contributed by atoms with Crippen LogP contribution in [0.15, 0.2) is 48.7 Å². The molecule has 3 N–H and O–H groups in total. The molecule has 0 radical (unpaired) electrons. The zero-order valence-electron chi connectivity index (χ0n) is 11.8. The maximum Gasteiger partial charge on any atom is 0.220 e. The van der Waals surface area contributed by atoms with Crippen LogP contribution in [0.4, 0.5) is 5.69 Å². The minimum Gasteiger partial charge on any atom is -0.492 e. The molecule has 21 heavy (non-hydrogen) atoms. The summed E-state index contributed by atoms with van der Waals surface area (Å²) in [6.45, 7) is 0.884. The van der Waals surface area contributed by atoms with E-state index in [4.69, 9.17) is 10.5 Å². The first-order valence-electron chi connectivity index (χ1n) is 6.89. The van der Waals surface area contributed by atoms with Gasteiger partial charge in [-0.15, -0.1) is 0 Å². The fourth-order valence-corrected chi connectivity index (χ4v) is 1.84. The minimum atomic E-state index is -0.00294. The molecule has 0 saturated carbocycles. The van der Waals surface area contributed by atoms with E-state index in [0.717, 1.165) is 5.69 Å². The van der Waals surface area contributed by atoms with Gasteiger partial charge in [0.2, 0.25) is 5.91 Å². The van der Waals surface area contributed by atoms with Crippen molar-refractivity contribution in [3.8, 4) is 5.75 Å². The number of aromatic nitrogens is 1. The van der Waals surface area contributed by atoms with Crippen LogP contribution in [0.2, 0.25) is 0 Å². The molecule has 0 unspecified atom stereocenters. The van der Waals surface area contributed by atoms with Crippen molar-refractivity contribution in [3.05, 3.63) is 54.4 Å². The predicted molar refractivity (Wildman–Crippen MR) is 81.9 cm³/mol. The van der Waals surface area contributed by atoms with Crippen LogP contribution in [0.1, 0.15) is 12.1 Å². The molecular formula is C16H19N3O2. The second-order valence-electron chi connectivity index (χ2n) is 4.59. The van der Waals surface area contributed by atoms with Gasteiger partial charge in [-0.2, -0.15) is 0 Å². The Morgan fingerprint density at radius 3 is 2.90 bits per heavy atom. The van der Waals surface area contributed by atoms with E-state index >= 15 is 0 Å². The Morgan fingerprint density at radius 2 is 2.14 bits per heavy atom. The smallest absolute Gasteiger partial charge is 0.220 e. The molecule has 0 atom stereocenters. The van der Waals surface area contributed by atoms with Gasteiger partial charge < -0.3 is 15.8 Å². The van der Waals surface area contributed by atoms with Crippen LogP contribution < -0.4 is 15.8 Å². The van der Waals surface area contributed by atoms with Gasteiger partial charge >= 0.3 is 0 Å². The maximum atomic E-state index is 11.7. The molecular weight excluding hydrogens is 266 g/mol. The number of pyridine rings is 1. The number of nitrogen functional groups attached to an aromatic ring is 1. The van der Waals surface area contributed by atoms with E-state index in [0.29, 0.717) is 37.4 Å². The van der Waals surface area contributed by atoms with Gasteiger partial charge in [0.05, 0.1) is 6.54 Å². The molecule has 1 aromatic heterocycles. The van der Waals surface area contributed by atoms with Crippen molar-refractivity contribution in [2.24, 2.45) is 0 Å². The lowest BCUT2D eigenvalue weighted by Crippen LogP contribution is -2.28. The number of nitrogens with one attached hydrogen (secondary N) is 1. The Kier molecular flexibility index (Phi) is 5.58. The summed E-state index contributed by atoms with van der Waals surface area (Å²) in [5, 5.41) is 2.81. The highest BCUT2D eigenvalue weighted by atomic mass is 16.5. The molecule has 1 aromatic carbocycles. The first-order chi connectivity index (χ1) is 10.2. The van der Waals surface area contributed by atoms with Crippen LogP contribution in [0.3, 0.4) is 0 Å². The van der Waals surface area contributed by atoms with Gasteiger partial charge in [-0.05, 0) is 30.7 Å². The number of carbonyl (C=O) groups is 1. The highest BCUT2D eigenvalue weighted by Gasteiger charge is 2.02. The number of nitrogens with zero attached hydrogens (tertiary/aromatic N) is 1. The number of amides is 1. The van der Waals surface area contributed by atoms with Crippen LogP contribution in [-0.2, 0) is 11.2 Å². The van der Waals surface area contributed by atoms with Crippen molar-refractivity contribution >= 4 is 11.6 Å². The van der Waals surface area contributed by atoms with Crippen molar-refractivity contribution in [1.29, 1.82) is 0 Å². The highest BCUT2D eigenvalue weighted by Crippen LogP contribution is 2.13. The summed E-state index contributed by atoms with van der Waals surface area (Å²) in [7, 11) is 0. The number of nitrogens with two attached hydrogens (primary N) is 1. The van der Waals surface area contributed by atoms with Crippen LogP contribution in [-0.4, -0.2) is 24.0 Å². The Morgan fingerprint density at radius 1 is 1.24 bits per heavy atom. The minimum absolute atomic E-state index is 0.00294. The largest absolute Gasteiger partial charge is 0.492 e. The molecule has 5 heteroatoms. The molecule has 2 rings (SSSR count). The molecule has 0 aliphatic rings. The molecule has 110 valence electrons. The van der Waals surface area contributed by atoms with Crippen molar-refractivity contribution in [3.63, 3.8) is 0 Å². The zero-order chi connectivity index (χ0) is 14.9. The van der Waals surface area contributed by atoms with E-state index in [1.807, 2.05) is 30.3 Å². The summed E-state index contributed by atoms with van der Waals surface area (Å²) in [6, 6.07) is 12.9. The number of rotatable bonds is 7. The third kappa shape index (κ3) is 5.52. The van der Waals surface area contributed by atoms with Crippen molar-refractivity contribution in [2.45, 2.75) is 12.8 Å². The quantitative estimate of drug-likeness (QED) is 0.600. The van der Waals surface area contributed by atoms with Crippen LogP contribution in [0.5, 0.6) is 5.75 Å². The second-order valence-corrected chi connectivity index (χ2v) is 4.59. The van der Waals surface area contributed by atoms with Gasteiger partial charge in [-0.25, -0.2) is 0 Å². The predicted octanol–water partition coefficient (Wildman–Crippen LogP) is 1.79. The molecule has 1 amide bonds. The van der Waals surface area contributed by atoms with Crippen molar-refractivity contribution < 1.29 is 9.53 Å². The average molecular weight is 285 g/mol. The molecule has 0 fully saturated rings. The lowest BCUT2D eigenvalue weighted by Gasteiger charge is -2.08. The lowest BCUT2D eigenvalue weighted by atomic mass is 10.2. The van der Waals surface area contributed by atoms with Crippen LogP contribution >= 0.6 is 0 Å². The first-order valence-corrected chi connectivity index (χ1v) is 6.89. The summed E-state index contributed by atoms with van der Waals surface area (Å²) < 4.78 is 5.49. The molecule has 0 saturated heterocycles. The normalized spacial score (nSPS) is 10.1. The Labute approximate surface area is 124 Å². The number of aryl methyl sites for hydroxylation is 1. The SMILES string of the molecule is Nc1cccc(OCCNC(=O)CCc2ccccn2)c1. The summed E-state index contributed by atoms with van der Waals surface area (Å²) in [4.78, 5) is 15.8. The number of ether oxygens (including phenoxy) is 1. The monoisotopic (exact) mass is 285 g/mol. The van der Waals surface area contributed by atoms with Gasteiger partial charge in [-0.1, -0.05) is 12.1 Å². The van der Waals surface area contributed by atoms with E-state index in [-0.39, 0.29) is 5.91 Å². The lowest BCUT2D eigenvalue weighted by molar-refractivity contribution is -0.121. The highest BCUT2D eigenvalue weighted by molar-refractivity contribution is 5.76. The topological polar surface area (TPSA) is 77.2 Å². The molecule has 0 bridgehead atoms. The van der Waals surface area contributed by atoms with E-state index in [2.05, 4.69) is 10.3 Å². The fraction of sp³-hybridized carbons (Fsp3) is 0.250. The molecule has 0 aliphatic heterocycles. The first kappa shape index (κ1) is 14.8. The van der Waals surface area contributed by atoms with Gasteiger partial charge in [0.25, 0.3) is 0 Å². The molecule has 0 spiro atoms. The van der Waals surface area contributed by atoms with Crippen molar-refractivity contribution in [1.82, 2.24) is 10.3 Å². The number of benzene rings is 1. The van der Waals surface area contributed by atoms with E-state index in [1.165, 1.54) is 0 Å². The summed E-state index contributed by atoms with van der Waals surface area (Å²) >= 11 is 0. The fourth-order valence-electron chi connectivity index (χ4n) is 1.84. The number of anilines is 1. The average Bonchev–Trinajstić information content (AvgIpc) is 2.51. The number of hydrogen-bond donors (Lipinski definition) is 2. The van der Waals surface area contributed by atoms with Crippen LogP contribution in [0, 0.1) is 0 Å². The standard InChI is InChI=1S/C16H19N3O2/c17-13-4-3-6-15(12-13)21-11-10-19-16(20)8-7-14-5-1-2-9-18-14/h1-6,9,12H,7-8,10-11,17H2,(H,19,20). The van der Waals surface area contributed by atoms with Gasteiger partial charge in [0, 0.05) is 30.1 Å². The van der Waals surface area contributed by atoms with Gasteiger partial charge in [0.15, 0.2) is 0 Å². The number of hydrogen-bond acceptors (Lipinski definition) is 4. The van der Waals surface area contributed by atoms with Crippen molar-refractivity contribution in [2.75, 3.05) is 18.9 Å². The molecule has 2 aromatic rings.